The monoisotopic (exact) mass is 247 g/mol. The molecule has 2 unspecified atom stereocenters. The fourth-order valence-corrected chi connectivity index (χ4v) is 2.81. The molecule has 1 saturated carbocycles. The van der Waals surface area contributed by atoms with Crippen LogP contribution in [0.25, 0.3) is 0 Å². The number of amides is 1. The lowest BCUT2D eigenvalue weighted by molar-refractivity contribution is -0.119. The number of nitrogens with one attached hydrogen (secondary N) is 1. The van der Waals surface area contributed by atoms with Gasteiger partial charge in [0.1, 0.15) is 5.75 Å². The molecule has 1 aromatic rings. The molecule has 0 bridgehead atoms. The lowest BCUT2D eigenvalue weighted by Gasteiger charge is -2.30. The second kappa shape index (κ2) is 5.89. The third-order valence-corrected chi connectivity index (χ3v) is 3.65. The summed E-state index contributed by atoms with van der Waals surface area (Å²) in [5.74, 6) is 1.52. The van der Waals surface area contributed by atoms with Crippen molar-refractivity contribution in [3.63, 3.8) is 0 Å². The maximum Gasteiger partial charge on any atom is 0.217 e. The zero-order valence-electron chi connectivity index (χ0n) is 11.1. The summed E-state index contributed by atoms with van der Waals surface area (Å²) in [4.78, 5) is 11.1. The minimum absolute atomic E-state index is 0.0753. The van der Waals surface area contributed by atoms with E-state index < -0.39 is 0 Å². The molecule has 1 fully saturated rings. The Labute approximate surface area is 109 Å². The highest BCUT2D eigenvalue weighted by Gasteiger charge is 2.23. The molecule has 1 N–H and O–H groups in total. The highest BCUT2D eigenvalue weighted by Crippen LogP contribution is 2.34. The summed E-state index contributed by atoms with van der Waals surface area (Å²) >= 11 is 0. The van der Waals surface area contributed by atoms with Crippen molar-refractivity contribution < 1.29 is 9.53 Å². The van der Waals surface area contributed by atoms with Crippen LogP contribution in [-0.4, -0.2) is 19.1 Å². The van der Waals surface area contributed by atoms with Crippen molar-refractivity contribution in [3.8, 4) is 5.75 Å². The van der Waals surface area contributed by atoms with Crippen LogP contribution in [0.15, 0.2) is 24.3 Å². The predicted octanol–water partition coefficient (Wildman–Crippen LogP) is 2.86. The highest BCUT2D eigenvalue weighted by atomic mass is 16.5. The van der Waals surface area contributed by atoms with Crippen LogP contribution in [0.4, 0.5) is 0 Å². The molecule has 0 heterocycles. The number of carbonyl (C=O) groups is 1. The molecule has 3 nitrogen and oxygen atoms in total. The standard InChI is InChI=1S/C15H21NO2/c1-11(17)16-14-7-3-5-12(9-14)13-6-4-8-15(10-13)18-2/h4,6,8,10,12,14H,3,5,7,9H2,1-2H3,(H,16,17). The van der Waals surface area contributed by atoms with E-state index in [1.807, 2.05) is 12.1 Å². The molecule has 1 aliphatic rings. The summed E-state index contributed by atoms with van der Waals surface area (Å²) in [6, 6.07) is 8.60. The Balaban J connectivity index is 2.05. The van der Waals surface area contributed by atoms with Gasteiger partial charge in [-0.25, -0.2) is 0 Å². The van der Waals surface area contributed by atoms with Gasteiger partial charge in [-0.3, -0.25) is 4.79 Å². The van der Waals surface area contributed by atoms with E-state index >= 15 is 0 Å². The molecule has 3 heteroatoms. The summed E-state index contributed by atoms with van der Waals surface area (Å²) in [5.41, 5.74) is 1.32. The van der Waals surface area contributed by atoms with Crippen molar-refractivity contribution in [2.75, 3.05) is 7.11 Å². The van der Waals surface area contributed by atoms with Gasteiger partial charge >= 0.3 is 0 Å². The molecule has 98 valence electrons. The fourth-order valence-electron chi connectivity index (χ4n) is 2.81. The van der Waals surface area contributed by atoms with Gasteiger partial charge in [0.25, 0.3) is 0 Å². The Morgan fingerprint density at radius 3 is 2.94 bits per heavy atom. The third-order valence-electron chi connectivity index (χ3n) is 3.65. The van der Waals surface area contributed by atoms with E-state index in [2.05, 4.69) is 17.4 Å². The largest absolute Gasteiger partial charge is 0.497 e. The Morgan fingerprint density at radius 2 is 2.22 bits per heavy atom. The molecule has 1 amide bonds. The normalized spacial score (nSPS) is 23.4. The van der Waals surface area contributed by atoms with Gasteiger partial charge in [-0.15, -0.1) is 0 Å². The maximum absolute atomic E-state index is 11.1. The fraction of sp³-hybridized carbons (Fsp3) is 0.533. The molecule has 0 aliphatic heterocycles. The second-order valence-corrected chi connectivity index (χ2v) is 5.04. The van der Waals surface area contributed by atoms with Crippen LogP contribution in [0.1, 0.15) is 44.1 Å². The number of hydrogen-bond donors (Lipinski definition) is 1. The summed E-state index contributed by atoms with van der Waals surface area (Å²) < 4.78 is 5.27. The quantitative estimate of drug-likeness (QED) is 0.892. The first-order valence-electron chi connectivity index (χ1n) is 6.60. The maximum atomic E-state index is 11.1. The number of benzene rings is 1. The van der Waals surface area contributed by atoms with Crippen LogP contribution >= 0.6 is 0 Å². The van der Waals surface area contributed by atoms with Crippen molar-refractivity contribution in [2.24, 2.45) is 0 Å². The molecular formula is C15H21NO2. The van der Waals surface area contributed by atoms with E-state index in [1.54, 1.807) is 14.0 Å². The van der Waals surface area contributed by atoms with Gasteiger partial charge < -0.3 is 10.1 Å². The minimum atomic E-state index is 0.0753. The van der Waals surface area contributed by atoms with Crippen LogP contribution in [0, 0.1) is 0 Å². The summed E-state index contributed by atoms with van der Waals surface area (Å²) in [5, 5.41) is 3.04. The first-order valence-corrected chi connectivity index (χ1v) is 6.60. The van der Waals surface area contributed by atoms with Crippen LogP contribution < -0.4 is 10.1 Å². The molecular weight excluding hydrogens is 226 g/mol. The van der Waals surface area contributed by atoms with Gasteiger partial charge in [0.15, 0.2) is 0 Å². The smallest absolute Gasteiger partial charge is 0.217 e. The first-order chi connectivity index (χ1) is 8.69. The lowest BCUT2D eigenvalue weighted by Crippen LogP contribution is -2.36. The molecule has 0 radical (unpaired) electrons. The van der Waals surface area contributed by atoms with Gasteiger partial charge in [0.2, 0.25) is 5.91 Å². The summed E-state index contributed by atoms with van der Waals surface area (Å²) in [6.45, 7) is 1.59. The highest BCUT2D eigenvalue weighted by molar-refractivity contribution is 5.73. The minimum Gasteiger partial charge on any atom is -0.497 e. The number of rotatable bonds is 3. The van der Waals surface area contributed by atoms with Gasteiger partial charge in [-0.05, 0) is 42.9 Å². The summed E-state index contributed by atoms with van der Waals surface area (Å²) in [6.07, 6.45) is 4.50. The van der Waals surface area contributed by atoms with Gasteiger partial charge in [0.05, 0.1) is 7.11 Å². The molecule has 0 spiro atoms. The molecule has 0 aromatic heterocycles. The van der Waals surface area contributed by atoms with Crippen LogP contribution in [-0.2, 0) is 4.79 Å². The first kappa shape index (κ1) is 12.9. The zero-order chi connectivity index (χ0) is 13.0. The molecule has 2 atom stereocenters. The summed E-state index contributed by atoms with van der Waals surface area (Å²) in [7, 11) is 1.69. The van der Waals surface area contributed by atoms with Crippen LogP contribution in [0.5, 0.6) is 5.75 Å². The topological polar surface area (TPSA) is 38.3 Å². The van der Waals surface area contributed by atoms with E-state index in [1.165, 1.54) is 18.4 Å². The number of ether oxygens (including phenoxy) is 1. The van der Waals surface area contributed by atoms with E-state index in [9.17, 15) is 4.79 Å². The van der Waals surface area contributed by atoms with E-state index in [0.717, 1.165) is 18.6 Å². The van der Waals surface area contributed by atoms with Gasteiger partial charge in [-0.2, -0.15) is 0 Å². The number of hydrogen-bond acceptors (Lipinski definition) is 2. The van der Waals surface area contributed by atoms with Crippen molar-refractivity contribution in [2.45, 2.75) is 44.6 Å². The lowest BCUT2D eigenvalue weighted by atomic mass is 9.81. The third kappa shape index (κ3) is 3.25. The van der Waals surface area contributed by atoms with Crippen LogP contribution in [0.3, 0.4) is 0 Å². The van der Waals surface area contributed by atoms with E-state index in [-0.39, 0.29) is 5.91 Å². The number of carbonyl (C=O) groups excluding carboxylic acids is 1. The predicted molar refractivity (Wildman–Crippen MR) is 71.8 cm³/mol. The molecule has 0 saturated heterocycles. The van der Waals surface area contributed by atoms with Gasteiger partial charge in [-0.1, -0.05) is 18.6 Å². The Hall–Kier alpha value is -1.51. The van der Waals surface area contributed by atoms with Gasteiger partial charge in [0, 0.05) is 13.0 Å². The van der Waals surface area contributed by atoms with E-state index in [0.29, 0.717) is 12.0 Å². The van der Waals surface area contributed by atoms with Crippen molar-refractivity contribution in [1.82, 2.24) is 5.32 Å². The van der Waals surface area contributed by atoms with Crippen molar-refractivity contribution >= 4 is 5.91 Å². The van der Waals surface area contributed by atoms with Crippen LogP contribution in [0.2, 0.25) is 0 Å². The second-order valence-electron chi connectivity index (χ2n) is 5.04. The molecule has 1 aliphatic carbocycles. The Bertz CT molecular complexity index is 417. The Kier molecular flexibility index (Phi) is 4.24. The SMILES string of the molecule is COc1cccc(C2CCCC(NC(C)=O)C2)c1. The number of methoxy groups -OCH3 is 1. The average Bonchev–Trinajstić information content (AvgIpc) is 2.38. The van der Waals surface area contributed by atoms with E-state index in [4.69, 9.17) is 4.74 Å². The average molecular weight is 247 g/mol. The molecule has 1 aromatic carbocycles. The van der Waals surface area contributed by atoms with Crippen molar-refractivity contribution in [1.29, 1.82) is 0 Å². The molecule has 2 rings (SSSR count). The zero-order valence-corrected chi connectivity index (χ0v) is 11.1. The Morgan fingerprint density at radius 1 is 1.39 bits per heavy atom. The van der Waals surface area contributed by atoms with Crippen molar-refractivity contribution in [3.05, 3.63) is 29.8 Å². The molecule has 18 heavy (non-hydrogen) atoms.